The van der Waals surface area contributed by atoms with Crippen LogP contribution < -0.4 is 5.32 Å². The highest BCUT2D eigenvalue weighted by Gasteiger charge is 2.24. The van der Waals surface area contributed by atoms with E-state index < -0.39 is 0 Å². The molecule has 1 amide bonds. The maximum Gasteiger partial charge on any atom is 0.249 e. The van der Waals surface area contributed by atoms with Crippen molar-refractivity contribution in [1.82, 2.24) is 5.32 Å². The molecule has 0 spiro atoms. The largest absolute Gasteiger partial charge is 0.381 e. The van der Waals surface area contributed by atoms with Gasteiger partial charge in [0.15, 0.2) is 0 Å². The van der Waals surface area contributed by atoms with Gasteiger partial charge in [-0.2, -0.15) is 0 Å². The maximum absolute atomic E-state index is 11.1. The van der Waals surface area contributed by atoms with E-state index >= 15 is 0 Å². The van der Waals surface area contributed by atoms with Crippen LogP contribution in [0, 0.1) is 0 Å². The topological polar surface area (TPSA) is 56.8 Å². The van der Waals surface area contributed by atoms with Gasteiger partial charge < -0.3 is 19.5 Å². The Balaban J connectivity index is 0.000000641. The smallest absolute Gasteiger partial charge is 0.249 e. The molecule has 1 heterocycles. The van der Waals surface area contributed by atoms with E-state index in [9.17, 15) is 4.79 Å². The van der Waals surface area contributed by atoms with Gasteiger partial charge in [-0.05, 0) is 19.3 Å². The molecule has 34 heavy (non-hydrogen) atoms. The lowest BCUT2D eigenvalue weighted by atomic mass is 10.1. The van der Waals surface area contributed by atoms with Crippen molar-refractivity contribution < 1.29 is 19.0 Å². The van der Waals surface area contributed by atoms with Crippen LogP contribution in [0.15, 0.2) is 0 Å². The second kappa shape index (κ2) is 28.6. The zero-order chi connectivity index (χ0) is 25.0. The fourth-order valence-electron chi connectivity index (χ4n) is 3.98. The van der Waals surface area contributed by atoms with Gasteiger partial charge in [0.1, 0.15) is 12.9 Å². The molecule has 1 aliphatic heterocycles. The minimum Gasteiger partial charge on any atom is -0.381 e. The van der Waals surface area contributed by atoms with Crippen molar-refractivity contribution in [3.05, 3.63) is 0 Å². The molecule has 1 aliphatic rings. The highest BCUT2D eigenvalue weighted by molar-refractivity contribution is 5.82. The Hall–Kier alpha value is -0.650. The second-order valence-corrected chi connectivity index (χ2v) is 9.68. The third-order valence-corrected chi connectivity index (χ3v) is 6.28. The van der Waals surface area contributed by atoms with Gasteiger partial charge in [-0.1, -0.05) is 117 Å². The first-order chi connectivity index (χ1) is 16.8. The van der Waals surface area contributed by atoms with Gasteiger partial charge in [0.25, 0.3) is 0 Å². The molecule has 204 valence electrons. The summed E-state index contributed by atoms with van der Waals surface area (Å²) in [6.07, 6.45) is 24.4. The van der Waals surface area contributed by atoms with Crippen molar-refractivity contribution in [2.45, 2.75) is 149 Å². The van der Waals surface area contributed by atoms with Crippen molar-refractivity contribution in [2.24, 2.45) is 0 Å². The lowest BCUT2D eigenvalue weighted by molar-refractivity contribution is -0.139. The number of carbonyl (C=O) groups excluding carboxylic acids is 1. The van der Waals surface area contributed by atoms with E-state index in [0.717, 1.165) is 39.2 Å². The molecule has 0 radical (unpaired) electrons. The second-order valence-electron chi connectivity index (χ2n) is 9.68. The molecule has 0 aromatic carbocycles. The number of ether oxygens (including phenoxy) is 3. The first kappa shape index (κ1) is 33.4. The molecule has 5 nitrogen and oxygen atoms in total. The predicted molar refractivity (Wildman–Crippen MR) is 144 cm³/mol. The first-order valence-corrected chi connectivity index (χ1v) is 14.8. The molecule has 1 saturated heterocycles. The zero-order valence-electron chi connectivity index (χ0n) is 23.2. The molecule has 0 bridgehead atoms. The number of amides is 1. The SMILES string of the molecule is CCCCCCCCOCCCCCCCC.CCCCCCCCOCOC1CCNC1=O. The lowest BCUT2D eigenvalue weighted by Crippen LogP contribution is -2.26. The molecule has 0 aromatic rings. The quantitative estimate of drug-likeness (QED) is 0.111. The lowest BCUT2D eigenvalue weighted by Gasteiger charge is -2.09. The van der Waals surface area contributed by atoms with E-state index in [2.05, 4.69) is 26.1 Å². The Bertz CT molecular complexity index is 392. The number of rotatable bonds is 24. The molecule has 1 unspecified atom stereocenters. The van der Waals surface area contributed by atoms with Crippen LogP contribution in [0.5, 0.6) is 0 Å². The van der Waals surface area contributed by atoms with Gasteiger partial charge in [-0.3, -0.25) is 4.79 Å². The Kier molecular flexibility index (Phi) is 28.0. The third-order valence-electron chi connectivity index (χ3n) is 6.28. The molecule has 0 aliphatic carbocycles. The van der Waals surface area contributed by atoms with E-state index in [1.165, 1.54) is 109 Å². The molecular formula is C29H59NO4. The standard InChI is InChI=1S/C16H34O.C13H25NO3/c1-3-5-7-9-11-13-15-17-16-14-12-10-8-6-4-2;1-2-3-4-5-6-7-10-16-11-17-12-8-9-14-13(12)15/h3-16H2,1-2H3;12H,2-11H2,1H3,(H,14,15). The molecule has 1 fully saturated rings. The number of nitrogens with one attached hydrogen (secondary N) is 1. The van der Waals surface area contributed by atoms with Gasteiger partial charge in [0, 0.05) is 32.8 Å². The summed E-state index contributed by atoms with van der Waals surface area (Å²) in [5.74, 6) is -0.00633. The van der Waals surface area contributed by atoms with Crippen LogP contribution in [0.25, 0.3) is 0 Å². The maximum atomic E-state index is 11.1. The number of hydrogen-bond donors (Lipinski definition) is 1. The Morgan fingerprint density at radius 1 is 0.618 bits per heavy atom. The minimum atomic E-state index is -0.292. The summed E-state index contributed by atoms with van der Waals surface area (Å²) in [7, 11) is 0. The molecule has 0 aromatic heterocycles. The molecule has 5 heteroatoms. The van der Waals surface area contributed by atoms with Crippen LogP contribution in [0.4, 0.5) is 0 Å². The summed E-state index contributed by atoms with van der Waals surface area (Å²) in [5.41, 5.74) is 0. The van der Waals surface area contributed by atoms with Crippen LogP contribution in [-0.2, 0) is 19.0 Å². The predicted octanol–water partition coefficient (Wildman–Crippen LogP) is 7.95. The van der Waals surface area contributed by atoms with Gasteiger partial charge >= 0.3 is 0 Å². The van der Waals surface area contributed by atoms with Crippen LogP contribution >= 0.6 is 0 Å². The summed E-state index contributed by atoms with van der Waals surface area (Å²) in [6, 6.07) is 0. The summed E-state index contributed by atoms with van der Waals surface area (Å²) in [4.78, 5) is 11.1. The minimum absolute atomic E-state index is 0.00633. The fourth-order valence-corrected chi connectivity index (χ4v) is 3.98. The Labute approximate surface area is 212 Å². The van der Waals surface area contributed by atoms with Crippen molar-refractivity contribution >= 4 is 5.91 Å². The first-order valence-electron chi connectivity index (χ1n) is 14.8. The highest BCUT2D eigenvalue weighted by atomic mass is 16.7. The van der Waals surface area contributed by atoms with Crippen LogP contribution in [0.1, 0.15) is 143 Å². The van der Waals surface area contributed by atoms with Crippen molar-refractivity contribution in [1.29, 1.82) is 0 Å². The summed E-state index contributed by atoms with van der Waals surface area (Å²) < 4.78 is 16.3. The van der Waals surface area contributed by atoms with Gasteiger partial charge in [0.2, 0.25) is 5.91 Å². The Morgan fingerprint density at radius 2 is 1.03 bits per heavy atom. The summed E-state index contributed by atoms with van der Waals surface area (Å²) >= 11 is 0. The van der Waals surface area contributed by atoms with Crippen LogP contribution in [0.3, 0.4) is 0 Å². The highest BCUT2D eigenvalue weighted by Crippen LogP contribution is 2.08. The fraction of sp³-hybridized carbons (Fsp3) is 0.966. The van der Waals surface area contributed by atoms with E-state index in [0.29, 0.717) is 0 Å². The molecule has 1 atom stereocenters. The van der Waals surface area contributed by atoms with Gasteiger partial charge in [-0.25, -0.2) is 0 Å². The zero-order valence-corrected chi connectivity index (χ0v) is 23.2. The van der Waals surface area contributed by atoms with E-state index in [1.54, 1.807) is 0 Å². The summed E-state index contributed by atoms with van der Waals surface area (Å²) in [6.45, 7) is 10.4. The molecular weight excluding hydrogens is 426 g/mol. The number of unbranched alkanes of at least 4 members (excludes halogenated alkanes) is 15. The number of hydrogen-bond acceptors (Lipinski definition) is 4. The molecule has 1 rings (SSSR count). The third kappa shape index (κ3) is 24.5. The van der Waals surface area contributed by atoms with E-state index in [1.807, 2.05) is 0 Å². The summed E-state index contributed by atoms with van der Waals surface area (Å²) in [5, 5.41) is 2.73. The van der Waals surface area contributed by atoms with Gasteiger partial charge in [0.05, 0.1) is 0 Å². The van der Waals surface area contributed by atoms with Crippen LogP contribution in [0.2, 0.25) is 0 Å². The van der Waals surface area contributed by atoms with E-state index in [-0.39, 0.29) is 18.8 Å². The van der Waals surface area contributed by atoms with Crippen molar-refractivity contribution in [2.75, 3.05) is 33.2 Å². The normalized spacial score (nSPS) is 15.3. The monoisotopic (exact) mass is 485 g/mol. The van der Waals surface area contributed by atoms with Crippen LogP contribution in [-0.4, -0.2) is 45.2 Å². The van der Waals surface area contributed by atoms with Crippen molar-refractivity contribution in [3.8, 4) is 0 Å². The average molecular weight is 486 g/mol. The van der Waals surface area contributed by atoms with Crippen molar-refractivity contribution in [3.63, 3.8) is 0 Å². The number of carbonyl (C=O) groups is 1. The molecule has 0 saturated carbocycles. The Morgan fingerprint density at radius 3 is 1.44 bits per heavy atom. The average Bonchev–Trinajstić information content (AvgIpc) is 3.26. The molecule has 1 N–H and O–H groups in total. The van der Waals surface area contributed by atoms with E-state index in [4.69, 9.17) is 14.2 Å². The van der Waals surface area contributed by atoms with Gasteiger partial charge in [-0.15, -0.1) is 0 Å².